The van der Waals surface area contributed by atoms with Crippen molar-refractivity contribution in [2.24, 2.45) is 0 Å². The lowest BCUT2D eigenvalue weighted by molar-refractivity contribution is -0.120. The molecule has 0 aliphatic carbocycles. The summed E-state index contributed by atoms with van der Waals surface area (Å²) in [7, 11) is 1.60. The molecule has 1 saturated heterocycles. The molecule has 0 spiro atoms. The smallest absolute Gasteiger partial charge is 0.249 e. The number of rotatable bonds is 5. The molecule has 2 aromatic carbocycles. The number of carbonyl (C=O) groups excluding carboxylic acids is 2. The van der Waals surface area contributed by atoms with Crippen molar-refractivity contribution in [1.29, 1.82) is 0 Å². The zero-order chi connectivity index (χ0) is 20.4. The molecule has 1 N–H and O–H groups in total. The molecule has 29 heavy (non-hydrogen) atoms. The fraction of sp³-hybridized carbons (Fsp3) is 0.200. The van der Waals surface area contributed by atoms with Crippen molar-refractivity contribution in [1.82, 2.24) is 9.36 Å². The highest BCUT2D eigenvalue weighted by molar-refractivity contribution is 7.10. The number of anilines is 2. The first-order chi connectivity index (χ1) is 14.0. The fourth-order valence-electron chi connectivity index (χ4n) is 3.18. The molecule has 2 amide bonds. The first-order valence-corrected chi connectivity index (χ1v) is 10.1. The Labute approximate surface area is 176 Å². The zero-order valence-corrected chi connectivity index (χ0v) is 17.0. The average Bonchev–Trinajstić information content (AvgIpc) is 3.35. The minimum Gasteiger partial charge on any atom is -0.497 e. The van der Waals surface area contributed by atoms with Gasteiger partial charge >= 0.3 is 0 Å². The number of benzene rings is 2. The highest BCUT2D eigenvalue weighted by atomic mass is 35.5. The lowest BCUT2D eigenvalue weighted by atomic mass is 10.2. The molecule has 1 fully saturated rings. The van der Waals surface area contributed by atoms with Crippen LogP contribution in [0.3, 0.4) is 0 Å². The number of nitrogens with zero attached hydrogens (tertiary/aromatic N) is 3. The van der Waals surface area contributed by atoms with Crippen molar-refractivity contribution in [3.8, 4) is 17.1 Å². The van der Waals surface area contributed by atoms with Crippen molar-refractivity contribution in [2.75, 3.05) is 17.3 Å². The summed E-state index contributed by atoms with van der Waals surface area (Å²) in [6, 6.07) is 13.6. The monoisotopic (exact) mass is 428 g/mol. The van der Waals surface area contributed by atoms with Gasteiger partial charge in [-0.3, -0.25) is 19.8 Å². The minimum absolute atomic E-state index is 0.0938. The van der Waals surface area contributed by atoms with Crippen molar-refractivity contribution in [3.63, 3.8) is 0 Å². The van der Waals surface area contributed by atoms with Gasteiger partial charge in [0, 0.05) is 34.2 Å². The molecule has 1 aliphatic rings. The number of halogens is 1. The predicted octanol–water partition coefficient (Wildman–Crippen LogP) is 4.00. The maximum absolute atomic E-state index is 12.8. The van der Waals surface area contributed by atoms with E-state index in [1.54, 1.807) is 31.4 Å². The Morgan fingerprint density at radius 3 is 2.62 bits per heavy atom. The Bertz CT molecular complexity index is 1040. The van der Waals surface area contributed by atoms with Crippen LogP contribution in [-0.4, -0.2) is 34.3 Å². The number of carbonyl (C=O) groups is 2. The topological polar surface area (TPSA) is 84.4 Å². The lowest BCUT2D eigenvalue weighted by Gasteiger charge is -2.23. The summed E-state index contributed by atoms with van der Waals surface area (Å²) in [6.07, 6.45) is 0.755. The molecule has 0 unspecified atom stereocenters. The molecule has 2 heterocycles. The highest BCUT2D eigenvalue weighted by Gasteiger charge is 2.37. The minimum atomic E-state index is -0.600. The van der Waals surface area contributed by atoms with E-state index in [4.69, 9.17) is 16.3 Å². The van der Waals surface area contributed by atoms with Gasteiger partial charge < -0.3 is 4.74 Å². The number of hydrogen-bond donors (Lipinski definition) is 1. The van der Waals surface area contributed by atoms with Gasteiger partial charge in [-0.25, -0.2) is 0 Å². The summed E-state index contributed by atoms with van der Waals surface area (Å²) in [5, 5.41) is 3.75. The van der Waals surface area contributed by atoms with Gasteiger partial charge in [0.15, 0.2) is 5.82 Å². The molecule has 4 rings (SSSR count). The molecular weight excluding hydrogens is 412 g/mol. The van der Waals surface area contributed by atoms with E-state index in [1.807, 2.05) is 24.3 Å². The van der Waals surface area contributed by atoms with E-state index < -0.39 is 6.04 Å². The predicted molar refractivity (Wildman–Crippen MR) is 112 cm³/mol. The number of hydrogen-bond acceptors (Lipinski definition) is 6. The van der Waals surface area contributed by atoms with Crippen LogP contribution in [0.15, 0.2) is 48.5 Å². The summed E-state index contributed by atoms with van der Waals surface area (Å²) in [5.41, 5.74) is 1.47. The second-order valence-electron chi connectivity index (χ2n) is 6.44. The second kappa shape index (κ2) is 8.18. The Morgan fingerprint density at radius 1 is 1.21 bits per heavy atom. The zero-order valence-electron chi connectivity index (χ0n) is 15.5. The summed E-state index contributed by atoms with van der Waals surface area (Å²) in [5.74, 6) is 0.877. The van der Waals surface area contributed by atoms with Crippen LogP contribution in [0.1, 0.15) is 12.8 Å². The largest absolute Gasteiger partial charge is 0.497 e. The molecular formula is C20H17ClN4O3S. The normalized spacial score (nSPS) is 16.1. The number of nitrogens with one attached hydrogen (secondary N) is 1. The maximum Gasteiger partial charge on any atom is 0.249 e. The Balaban J connectivity index is 1.49. The molecule has 1 aliphatic heterocycles. The van der Waals surface area contributed by atoms with E-state index in [-0.39, 0.29) is 11.8 Å². The van der Waals surface area contributed by atoms with Gasteiger partial charge in [-0.1, -0.05) is 11.6 Å². The van der Waals surface area contributed by atoms with Crippen molar-refractivity contribution >= 4 is 45.8 Å². The van der Waals surface area contributed by atoms with Crippen molar-refractivity contribution in [3.05, 3.63) is 53.6 Å². The van der Waals surface area contributed by atoms with Crippen LogP contribution in [0.4, 0.5) is 10.8 Å². The molecule has 0 bridgehead atoms. The first-order valence-electron chi connectivity index (χ1n) is 8.92. The number of aromatic nitrogens is 2. The van der Waals surface area contributed by atoms with E-state index in [0.717, 1.165) is 22.8 Å². The fourth-order valence-corrected chi connectivity index (χ4v) is 3.90. The molecule has 1 aromatic heterocycles. The molecule has 3 aromatic rings. The number of methoxy groups -OCH3 is 1. The quantitative estimate of drug-likeness (QED) is 0.663. The van der Waals surface area contributed by atoms with Gasteiger partial charge in [0.25, 0.3) is 0 Å². The number of ether oxygens (including phenoxy) is 1. The van der Waals surface area contributed by atoms with Crippen LogP contribution < -0.4 is 15.0 Å². The summed E-state index contributed by atoms with van der Waals surface area (Å²) in [4.78, 5) is 31.1. The average molecular weight is 429 g/mol. The van der Waals surface area contributed by atoms with Crippen LogP contribution in [-0.2, 0) is 9.59 Å². The van der Waals surface area contributed by atoms with Crippen LogP contribution in [0.5, 0.6) is 5.75 Å². The summed E-state index contributed by atoms with van der Waals surface area (Å²) in [6.45, 7) is 0. The second-order valence-corrected chi connectivity index (χ2v) is 7.62. The van der Waals surface area contributed by atoms with Gasteiger partial charge in [0.1, 0.15) is 11.8 Å². The van der Waals surface area contributed by atoms with Gasteiger partial charge in [0.2, 0.25) is 16.9 Å². The Hall–Kier alpha value is -2.97. The van der Waals surface area contributed by atoms with E-state index >= 15 is 0 Å². The van der Waals surface area contributed by atoms with Gasteiger partial charge in [-0.2, -0.15) is 9.36 Å². The molecule has 0 saturated carbocycles. The Morgan fingerprint density at radius 2 is 1.93 bits per heavy atom. The SMILES string of the molecule is COc1ccc(-c2nsc(NC(=O)[C@@H]3CCC(=O)N3c3ccc(Cl)cc3)n2)cc1. The molecule has 9 heteroatoms. The lowest BCUT2D eigenvalue weighted by Crippen LogP contribution is -2.41. The molecule has 148 valence electrons. The van der Waals surface area contributed by atoms with Gasteiger partial charge in [0.05, 0.1) is 7.11 Å². The number of amides is 2. The first kappa shape index (κ1) is 19.4. The summed E-state index contributed by atoms with van der Waals surface area (Å²) >= 11 is 7.02. The van der Waals surface area contributed by atoms with Crippen LogP contribution in [0.25, 0.3) is 11.4 Å². The van der Waals surface area contributed by atoms with Crippen molar-refractivity contribution < 1.29 is 14.3 Å². The van der Waals surface area contributed by atoms with Gasteiger partial charge in [-0.05, 0) is 55.0 Å². The van der Waals surface area contributed by atoms with E-state index in [9.17, 15) is 9.59 Å². The van der Waals surface area contributed by atoms with E-state index in [1.165, 1.54) is 4.90 Å². The van der Waals surface area contributed by atoms with Crippen LogP contribution >= 0.6 is 23.1 Å². The Kier molecular flexibility index (Phi) is 5.46. The van der Waals surface area contributed by atoms with Gasteiger partial charge in [-0.15, -0.1) is 0 Å². The van der Waals surface area contributed by atoms with E-state index in [2.05, 4.69) is 14.7 Å². The standard InChI is InChI=1S/C20H17ClN4O3S/c1-28-15-8-2-12(3-9-15)18-22-20(29-24-18)23-19(27)16-10-11-17(26)25(16)14-6-4-13(21)5-7-14/h2-9,16H,10-11H2,1H3,(H,22,23,24,27)/t16-/m0/s1. The molecule has 7 nitrogen and oxygen atoms in total. The maximum atomic E-state index is 12.8. The van der Waals surface area contributed by atoms with Crippen LogP contribution in [0.2, 0.25) is 5.02 Å². The third kappa shape index (κ3) is 4.08. The van der Waals surface area contributed by atoms with E-state index in [0.29, 0.717) is 34.5 Å². The van der Waals surface area contributed by atoms with Crippen LogP contribution in [0, 0.1) is 0 Å². The highest BCUT2D eigenvalue weighted by Crippen LogP contribution is 2.29. The molecule has 0 radical (unpaired) electrons. The summed E-state index contributed by atoms with van der Waals surface area (Å²) < 4.78 is 9.45. The molecule has 1 atom stereocenters. The third-order valence-electron chi connectivity index (χ3n) is 4.62. The third-order valence-corrected chi connectivity index (χ3v) is 5.51. The van der Waals surface area contributed by atoms with Crippen molar-refractivity contribution in [2.45, 2.75) is 18.9 Å².